The Bertz CT molecular complexity index is 1080. The third-order valence-electron chi connectivity index (χ3n) is 7.77. The average Bonchev–Trinajstić information content (AvgIpc) is 3.40. The number of hydrogen-bond acceptors (Lipinski definition) is 5. The van der Waals surface area contributed by atoms with Crippen molar-refractivity contribution in [1.29, 1.82) is 0 Å². The van der Waals surface area contributed by atoms with Gasteiger partial charge in [0.15, 0.2) is 5.69 Å². The van der Waals surface area contributed by atoms with Crippen LogP contribution in [-0.4, -0.2) is 84.7 Å². The van der Waals surface area contributed by atoms with E-state index in [-0.39, 0.29) is 23.2 Å². The maximum Gasteiger partial charge on any atom is 0.323 e. The summed E-state index contributed by atoms with van der Waals surface area (Å²) in [5.74, 6) is 0.321. The lowest BCUT2D eigenvalue weighted by molar-refractivity contribution is 0.0523. The Morgan fingerprint density at radius 3 is 2.44 bits per heavy atom. The smallest absolute Gasteiger partial charge is 0.323 e. The summed E-state index contributed by atoms with van der Waals surface area (Å²) in [7, 11) is 3.50. The Kier molecular flexibility index (Phi) is 5.83. The van der Waals surface area contributed by atoms with Crippen LogP contribution in [0.5, 0.6) is 0 Å². The van der Waals surface area contributed by atoms with Crippen molar-refractivity contribution >= 4 is 17.6 Å². The number of likely N-dealkylation sites (tertiary alicyclic amines) is 2. The summed E-state index contributed by atoms with van der Waals surface area (Å²) >= 11 is 0. The SMILES string of the molecule is Cc1cc(C(=O)N2CCC(N3CCC4(CC3)CN(C(=O)N(C)C)c3ccc(F)cc34)CC2)no1. The molecule has 5 rings (SSSR count). The number of carbonyl (C=O) groups is 2. The van der Waals surface area contributed by atoms with E-state index in [0.29, 0.717) is 37.1 Å². The van der Waals surface area contributed by atoms with Crippen molar-refractivity contribution in [3.63, 3.8) is 0 Å². The van der Waals surface area contributed by atoms with Crippen LogP contribution >= 0.6 is 0 Å². The number of benzene rings is 1. The molecule has 3 amide bonds. The zero-order valence-corrected chi connectivity index (χ0v) is 20.1. The minimum absolute atomic E-state index is 0.0634. The maximum atomic E-state index is 14.2. The van der Waals surface area contributed by atoms with E-state index in [0.717, 1.165) is 50.0 Å². The van der Waals surface area contributed by atoms with Crippen molar-refractivity contribution in [1.82, 2.24) is 19.9 Å². The predicted molar refractivity (Wildman–Crippen MR) is 125 cm³/mol. The van der Waals surface area contributed by atoms with Gasteiger partial charge in [-0.1, -0.05) is 5.16 Å². The molecule has 1 spiro atoms. The number of urea groups is 1. The minimum atomic E-state index is -0.251. The van der Waals surface area contributed by atoms with Crippen molar-refractivity contribution in [3.05, 3.63) is 47.1 Å². The molecule has 0 bridgehead atoms. The number of amides is 3. The van der Waals surface area contributed by atoms with E-state index in [1.807, 2.05) is 4.90 Å². The molecule has 2 fully saturated rings. The molecular formula is C25H32FN5O3. The summed E-state index contributed by atoms with van der Waals surface area (Å²) in [6, 6.07) is 6.86. The molecule has 0 N–H and O–H groups in total. The first-order valence-electron chi connectivity index (χ1n) is 12.0. The van der Waals surface area contributed by atoms with Crippen LogP contribution in [-0.2, 0) is 5.41 Å². The Morgan fingerprint density at radius 1 is 1.12 bits per heavy atom. The highest BCUT2D eigenvalue weighted by Gasteiger charge is 2.47. The number of aromatic nitrogens is 1. The lowest BCUT2D eigenvalue weighted by Gasteiger charge is -2.45. The standard InChI is InChI=1S/C25H32FN5O3/c1-17-14-21(27-34-17)23(32)30-10-6-19(7-11-30)29-12-8-25(9-13-29)16-31(24(33)28(2)3)22-5-4-18(26)15-20(22)25/h4-5,14-15,19H,6-13,16H2,1-3H3. The molecule has 0 unspecified atom stereocenters. The normalized spacial score (nSPS) is 20.6. The summed E-state index contributed by atoms with van der Waals surface area (Å²) in [6.45, 7) is 5.60. The molecule has 0 radical (unpaired) electrons. The van der Waals surface area contributed by atoms with Crippen LogP contribution < -0.4 is 4.90 Å². The summed E-state index contributed by atoms with van der Waals surface area (Å²) in [5, 5.41) is 3.86. The molecular weight excluding hydrogens is 437 g/mol. The fourth-order valence-corrected chi connectivity index (χ4v) is 5.86. The monoisotopic (exact) mass is 469 g/mol. The molecule has 1 aromatic carbocycles. The first kappa shape index (κ1) is 22.8. The van der Waals surface area contributed by atoms with Gasteiger partial charge in [-0.3, -0.25) is 9.69 Å². The molecule has 0 atom stereocenters. The molecule has 2 saturated heterocycles. The molecule has 8 nitrogen and oxygen atoms in total. The quantitative estimate of drug-likeness (QED) is 0.675. The lowest BCUT2D eigenvalue weighted by atomic mass is 9.74. The second kappa shape index (κ2) is 8.69. The molecule has 0 aliphatic carbocycles. The van der Waals surface area contributed by atoms with Gasteiger partial charge in [0, 0.05) is 56.9 Å². The van der Waals surface area contributed by atoms with Crippen LogP contribution in [0, 0.1) is 12.7 Å². The van der Waals surface area contributed by atoms with Crippen molar-refractivity contribution in [2.75, 3.05) is 51.7 Å². The molecule has 3 aliphatic rings. The Balaban J connectivity index is 1.23. The highest BCUT2D eigenvalue weighted by molar-refractivity contribution is 5.95. The van der Waals surface area contributed by atoms with Crippen LogP contribution in [0.2, 0.25) is 0 Å². The van der Waals surface area contributed by atoms with Gasteiger partial charge in [-0.2, -0.15) is 0 Å². The first-order chi connectivity index (χ1) is 16.3. The third-order valence-corrected chi connectivity index (χ3v) is 7.77. The molecule has 3 aliphatic heterocycles. The molecule has 1 aromatic heterocycles. The fraction of sp³-hybridized carbons (Fsp3) is 0.560. The average molecular weight is 470 g/mol. The number of anilines is 1. The van der Waals surface area contributed by atoms with E-state index in [4.69, 9.17) is 4.52 Å². The van der Waals surface area contributed by atoms with Gasteiger partial charge >= 0.3 is 6.03 Å². The van der Waals surface area contributed by atoms with E-state index < -0.39 is 0 Å². The zero-order chi connectivity index (χ0) is 24.0. The molecule has 34 heavy (non-hydrogen) atoms. The van der Waals surface area contributed by atoms with Crippen LogP contribution in [0.4, 0.5) is 14.9 Å². The van der Waals surface area contributed by atoms with Gasteiger partial charge in [-0.05, 0) is 69.5 Å². The lowest BCUT2D eigenvalue weighted by Crippen LogP contribution is -2.52. The summed E-state index contributed by atoms with van der Waals surface area (Å²) in [4.78, 5) is 33.3. The van der Waals surface area contributed by atoms with Crippen molar-refractivity contribution in [2.24, 2.45) is 0 Å². The maximum absolute atomic E-state index is 14.2. The molecule has 4 heterocycles. The molecule has 9 heteroatoms. The number of piperidine rings is 2. The number of rotatable bonds is 2. The van der Waals surface area contributed by atoms with Crippen molar-refractivity contribution in [2.45, 2.75) is 44.1 Å². The second-order valence-corrected chi connectivity index (χ2v) is 10.1. The summed E-state index contributed by atoms with van der Waals surface area (Å²) in [6.07, 6.45) is 3.62. The van der Waals surface area contributed by atoms with Gasteiger partial charge in [-0.15, -0.1) is 0 Å². The number of hydrogen-bond donors (Lipinski definition) is 0. The van der Waals surface area contributed by atoms with Gasteiger partial charge < -0.3 is 19.2 Å². The number of carbonyl (C=O) groups excluding carboxylic acids is 2. The van der Waals surface area contributed by atoms with Crippen LogP contribution in [0.25, 0.3) is 0 Å². The van der Waals surface area contributed by atoms with E-state index >= 15 is 0 Å². The van der Waals surface area contributed by atoms with Crippen LogP contribution in [0.3, 0.4) is 0 Å². The molecule has 182 valence electrons. The number of halogens is 1. The molecule has 2 aromatic rings. The number of nitrogens with zero attached hydrogens (tertiary/aromatic N) is 5. The zero-order valence-electron chi connectivity index (χ0n) is 20.1. The summed E-state index contributed by atoms with van der Waals surface area (Å²) in [5.41, 5.74) is 1.97. The van der Waals surface area contributed by atoms with E-state index in [2.05, 4.69) is 10.1 Å². The minimum Gasteiger partial charge on any atom is -0.361 e. The van der Waals surface area contributed by atoms with Gasteiger partial charge in [0.2, 0.25) is 0 Å². The number of aryl methyl sites for hydroxylation is 1. The Morgan fingerprint density at radius 2 is 1.82 bits per heavy atom. The predicted octanol–water partition coefficient (Wildman–Crippen LogP) is 3.26. The van der Waals surface area contributed by atoms with E-state index in [9.17, 15) is 14.0 Å². The van der Waals surface area contributed by atoms with Gasteiger partial charge in [0.05, 0.1) is 0 Å². The van der Waals surface area contributed by atoms with Crippen molar-refractivity contribution in [3.8, 4) is 0 Å². The fourth-order valence-electron chi connectivity index (χ4n) is 5.86. The Labute approximate surface area is 199 Å². The summed E-state index contributed by atoms with van der Waals surface area (Å²) < 4.78 is 19.3. The number of fused-ring (bicyclic) bond motifs is 2. The van der Waals surface area contributed by atoms with Gasteiger partial charge in [0.1, 0.15) is 11.6 Å². The van der Waals surface area contributed by atoms with E-state index in [1.54, 1.807) is 49.0 Å². The van der Waals surface area contributed by atoms with Crippen LogP contribution in [0.15, 0.2) is 28.8 Å². The molecule has 0 saturated carbocycles. The second-order valence-electron chi connectivity index (χ2n) is 10.1. The van der Waals surface area contributed by atoms with Crippen LogP contribution in [0.1, 0.15) is 47.5 Å². The highest BCUT2D eigenvalue weighted by Crippen LogP contribution is 2.48. The van der Waals surface area contributed by atoms with Crippen molar-refractivity contribution < 1.29 is 18.5 Å². The van der Waals surface area contributed by atoms with E-state index in [1.165, 1.54) is 6.07 Å². The van der Waals surface area contributed by atoms with Gasteiger partial charge in [-0.25, -0.2) is 9.18 Å². The van der Waals surface area contributed by atoms with Gasteiger partial charge in [0.25, 0.3) is 5.91 Å². The highest BCUT2D eigenvalue weighted by atomic mass is 19.1. The Hall–Kier alpha value is -2.94. The largest absolute Gasteiger partial charge is 0.361 e. The third kappa shape index (κ3) is 3.96. The topological polar surface area (TPSA) is 73.1 Å². The first-order valence-corrected chi connectivity index (χ1v) is 12.0.